The molecule has 4 saturated carbocycles. The van der Waals surface area contributed by atoms with Gasteiger partial charge in [-0.15, -0.1) is 0 Å². The normalized spacial score (nSPS) is 44.3. The molecule has 0 aromatic rings. The first-order valence-electron chi connectivity index (χ1n) is 12.9. The maximum Gasteiger partial charge on any atom is 0.334 e. The highest BCUT2D eigenvalue weighted by Crippen LogP contribution is 2.68. The van der Waals surface area contributed by atoms with Crippen LogP contribution in [0.15, 0.2) is 0 Å². The molecule has 4 fully saturated rings. The first-order chi connectivity index (χ1) is 14.2. The zero-order chi connectivity index (χ0) is 21.7. The third-order valence-electron chi connectivity index (χ3n) is 10.7. The Balaban J connectivity index is 1.51. The number of rotatable bonds is 5. The molecule has 4 aliphatic carbocycles. The Morgan fingerprint density at radius 3 is 2.43 bits per heavy atom. The molecular formula is C27H44N2O. The van der Waals surface area contributed by atoms with Crippen molar-refractivity contribution < 1.29 is 9.58 Å². The topological polar surface area (TPSA) is 53.5 Å². The average Bonchev–Trinajstić information content (AvgIpc) is 3.05. The van der Waals surface area contributed by atoms with Gasteiger partial charge in [-0.05, 0) is 90.8 Å². The molecule has 0 amide bonds. The molecule has 0 aromatic heterocycles. The number of Topliss-reactive ketones (excluding diaryl/α,β-unsaturated/α-hetero) is 1. The summed E-state index contributed by atoms with van der Waals surface area (Å²) in [6.07, 6.45) is 13.5. The minimum absolute atomic E-state index is 0.0928. The second kappa shape index (κ2) is 8.19. The molecule has 30 heavy (non-hydrogen) atoms. The second-order valence-corrected chi connectivity index (χ2v) is 12.5. The van der Waals surface area contributed by atoms with E-state index < -0.39 is 0 Å². The molecule has 0 heterocycles. The predicted molar refractivity (Wildman–Crippen MR) is 122 cm³/mol. The smallest absolute Gasteiger partial charge is 0.334 e. The van der Waals surface area contributed by atoms with Crippen LogP contribution in [0.3, 0.4) is 0 Å². The van der Waals surface area contributed by atoms with Gasteiger partial charge in [0.2, 0.25) is 5.78 Å². The van der Waals surface area contributed by atoms with Crippen LogP contribution in [0.1, 0.15) is 105 Å². The van der Waals surface area contributed by atoms with E-state index in [1.54, 1.807) is 0 Å². The van der Waals surface area contributed by atoms with Gasteiger partial charge in [-0.1, -0.05) is 53.9 Å². The number of carbonyl (C=O) groups excluding carboxylic acids is 1. The summed E-state index contributed by atoms with van der Waals surface area (Å²) < 4.78 is 0. The van der Waals surface area contributed by atoms with Crippen LogP contribution in [-0.2, 0) is 4.79 Å². The van der Waals surface area contributed by atoms with Crippen LogP contribution in [-0.4, -0.2) is 16.3 Å². The largest absolute Gasteiger partial charge is 0.361 e. The maximum atomic E-state index is 12.4. The van der Waals surface area contributed by atoms with Crippen molar-refractivity contribution >= 4 is 11.5 Å². The fourth-order valence-corrected chi connectivity index (χ4v) is 9.06. The summed E-state index contributed by atoms with van der Waals surface area (Å²) in [6.45, 7) is 12.3. The molecule has 0 N–H and O–H groups in total. The Morgan fingerprint density at radius 2 is 1.73 bits per heavy atom. The van der Waals surface area contributed by atoms with Gasteiger partial charge in [-0.25, -0.2) is 0 Å². The fraction of sp³-hybridized carbons (Fsp3) is 0.926. The minimum Gasteiger partial charge on any atom is -0.361 e. The van der Waals surface area contributed by atoms with Crippen molar-refractivity contribution in [1.82, 2.24) is 0 Å². The van der Waals surface area contributed by atoms with E-state index in [1.807, 2.05) is 0 Å². The van der Waals surface area contributed by atoms with Gasteiger partial charge in [-0.3, -0.25) is 4.79 Å². The van der Waals surface area contributed by atoms with Crippen LogP contribution in [0.5, 0.6) is 0 Å². The van der Waals surface area contributed by atoms with Crippen LogP contribution in [0, 0.1) is 52.3 Å². The Bertz CT molecular complexity index is 722. The highest BCUT2D eigenvalue weighted by Gasteiger charge is 2.62. The highest BCUT2D eigenvalue weighted by molar-refractivity contribution is 6.38. The summed E-state index contributed by atoms with van der Waals surface area (Å²) in [7, 11) is 0. The van der Waals surface area contributed by atoms with E-state index in [9.17, 15) is 10.3 Å². The molecule has 0 spiro atoms. The summed E-state index contributed by atoms with van der Waals surface area (Å²) in [6, 6.07) is 0. The van der Waals surface area contributed by atoms with E-state index >= 15 is 0 Å². The third-order valence-corrected chi connectivity index (χ3v) is 10.7. The van der Waals surface area contributed by atoms with Gasteiger partial charge in [-0.2, -0.15) is 4.79 Å². The number of nitrogens with zero attached hydrogens (tertiary/aromatic N) is 2. The Morgan fingerprint density at radius 1 is 1.00 bits per heavy atom. The molecule has 0 aromatic carbocycles. The average molecular weight is 413 g/mol. The quantitative estimate of drug-likeness (QED) is 0.356. The predicted octanol–water partition coefficient (Wildman–Crippen LogP) is 6.96. The lowest BCUT2D eigenvalue weighted by Gasteiger charge is -2.59. The van der Waals surface area contributed by atoms with Gasteiger partial charge < -0.3 is 5.53 Å². The number of ketones is 1. The first-order valence-corrected chi connectivity index (χ1v) is 12.9. The molecule has 0 radical (unpaired) electrons. The van der Waals surface area contributed by atoms with Gasteiger partial charge in [0.25, 0.3) is 0 Å². The number of hydrogen-bond acceptors (Lipinski definition) is 1. The van der Waals surface area contributed by atoms with Crippen molar-refractivity contribution in [2.75, 3.05) is 0 Å². The lowest BCUT2D eigenvalue weighted by molar-refractivity contribution is -0.135. The summed E-state index contributed by atoms with van der Waals surface area (Å²) in [5.74, 6) is 5.53. The van der Waals surface area contributed by atoms with Crippen molar-refractivity contribution in [1.29, 1.82) is 0 Å². The van der Waals surface area contributed by atoms with Gasteiger partial charge in [0.1, 0.15) is 0 Å². The van der Waals surface area contributed by atoms with E-state index in [0.29, 0.717) is 35.8 Å². The number of fused-ring (bicyclic) bond motifs is 5. The van der Waals surface area contributed by atoms with Crippen molar-refractivity contribution in [2.45, 2.75) is 105 Å². The summed E-state index contributed by atoms with van der Waals surface area (Å²) in [5, 5.41) is 0. The van der Waals surface area contributed by atoms with Crippen molar-refractivity contribution in [3.63, 3.8) is 0 Å². The van der Waals surface area contributed by atoms with Gasteiger partial charge in [0, 0.05) is 6.42 Å². The minimum atomic E-state index is 0.0928. The summed E-state index contributed by atoms with van der Waals surface area (Å²) in [5.41, 5.74) is 10.5. The summed E-state index contributed by atoms with van der Waals surface area (Å²) >= 11 is 0. The molecule has 4 aliphatic rings. The van der Waals surface area contributed by atoms with Gasteiger partial charge in [0.15, 0.2) is 0 Å². The summed E-state index contributed by atoms with van der Waals surface area (Å²) in [4.78, 5) is 15.8. The molecule has 4 rings (SSSR count). The molecule has 8 atom stereocenters. The first kappa shape index (κ1) is 22.3. The van der Waals surface area contributed by atoms with Crippen LogP contribution < -0.4 is 0 Å². The van der Waals surface area contributed by atoms with Crippen LogP contribution in [0.25, 0.3) is 5.53 Å². The van der Waals surface area contributed by atoms with Crippen molar-refractivity contribution in [2.24, 2.45) is 52.3 Å². The molecule has 1 unspecified atom stereocenters. The zero-order valence-electron chi connectivity index (χ0n) is 20.1. The lowest BCUT2D eigenvalue weighted by Crippen LogP contribution is -2.55. The van der Waals surface area contributed by atoms with E-state index in [1.165, 1.54) is 57.8 Å². The molecule has 0 saturated heterocycles. The highest BCUT2D eigenvalue weighted by atomic mass is 16.1. The van der Waals surface area contributed by atoms with Gasteiger partial charge in [0.05, 0.1) is 6.42 Å². The van der Waals surface area contributed by atoms with E-state index in [2.05, 4.69) is 39.4 Å². The van der Waals surface area contributed by atoms with Gasteiger partial charge >= 0.3 is 5.71 Å². The van der Waals surface area contributed by atoms with Crippen LogP contribution in [0.4, 0.5) is 0 Å². The molecule has 3 nitrogen and oxygen atoms in total. The van der Waals surface area contributed by atoms with E-state index in [-0.39, 0.29) is 11.2 Å². The Hall–Kier alpha value is -0.950. The molecule has 0 bridgehead atoms. The third kappa shape index (κ3) is 3.54. The SMILES string of the molecule is CC(C)CCC[C@@H](C)[C@H]1CC[C@H]2[C@@H]3CCC4CC(=O)C(=[N+]=[N-])C[C@]4(C)[C@H]3CC[C@]12C. The van der Waals surface area contributed by atoms with Crippen molar-refractivity contribution in [3.8, 4) is 0 Å². The maximum absolute atomic E-state index is 12.4. The fourth-order valence-electron chi connectivity index (χ4n) is 9.06. The molecule has 3 heteroatoms. The standard InChI is InChI=1S/C27H44N2O/c1-17(2)7-6-8-18(3)21-11-12-22-20-10-9-19-15-25(30)24(29-28)16-27(19,5)23(20)13-14-26(21,22)4/h17-23H,6-16H2,1-5H3/t18-,19?,20+,21-,22+,23+,26-,27+/m1/s1. The zero-order valence-corrected chi connectivity index (χ0v) is 20.1. The lowest BCUT2D eigenvalue weighted by atomic mass is 9.44. The molecule has 168 valence electrons. The Labute approximate surface area is 184 Å². The Kier molecular flexibility index (Phi) is 6.08. The van der Waals surface area contributed by atoms with E-state index in [4.69, 9.17) is 0 Å². The van der Waals surface area contributed by atoms with Crippen LogP contribution >= 0.6 is 0 Å². The van der Waals surface area contributed by atoms with Crippen molar-refractivity contribution in [3.05, 3.63) is 5.53 Å². The molecular weight excluding hydrogens is 368 g/mol. The monoisotopic (exact) mass is 412 g/mol. The van der Waals surface area contributed by atoms with Crippen LogP contribution in [0.2, 0.25) is 0 Å². The number of carbonyl (C=O) groups is 1. The van der Waals surface area contributed by atoms with E-state index in [0.717, 1.165) is 29.6 Å². The number of hydrogen-bond donors (Lipinski definition) is 0. The molecule has 0 aliphatic heterocycles. The second-order valence-electron chi connectivity index (χ2n) is 12.5.